The molecular formula is C14H23NO. The Morgan fingerprint density at radius 2 is 2.12 bits per heavy atom. The SMILES string of the molecule is CCCC1CCC(NCc2ccco2)CC1. The zero-order valence-corrected chi connectivity index (χ0v) is 10.2. The minimum absolute atomic E-state index is 0.707. The van der Waals surface area contributed by atoms with Gasteiger partial charge < -0.3 is 9.73 Å². The summed E-state index contributed by atoms with van der Waals surface area (Å²) in [5.74, 6) is 2.04. The first-order valence-corrected chi connectivity index (χ1v) is 6.64. The van der Waals surface area contributed by atoms with Gasteiger partial charge in [0.1, 0.15) is 5.76 Å². The Hall–Kier alpha value is -0.760. The molecule has 1 aliphatic carbocycles. The summed E-state index contributed by atoms with van der Waals surface area (Å²) in [5, 5.41) is 3.59. The fraction of sp³-hybridized carbons (Fsp3) is 0.714. The Morgan fingerprint density at radius 1 is 1.31 bits per heavy atom. The van der Waals surface area contributed by atoms with Crippen LogP contribution in [0.15, 0.2) is 22.8 Å². The van der Waals surface area contributed by atoms with Crippen molar-refractivity contribution in [1.29, 1.82) is 0 Å². The van der Waals surface area contributed by atoms with Crippen molar-refractivity contribution in [1.82, 2.24) is 5.32 Å². The Morgan fingerprint density at radius 3 is 2.75 bits per heavy atom. The number of furan rings is 1. The second-order valence-corrected chi connectivity index (χ2v) is 4.97. The number of rotatable bonds is 5. The van der Waals surface area contributed by atoms with Crippen molar-refractivity contribution in [3.63, 3.8) is 0 Å². The molecule has 1 heterocycles. The van der Waals surface area contributed by atoms with Crippen LogP contribution in [0.25, 0.3) is 0 Å². The lowest BCUT2D eigenvalue weighted by molar-refractivity contribution is 0.273. The normalized spacial score (nSPS) is 25.8. The lowest BCUT2D eigenvalue weighted by Crippen LogP contribution is -2.32. The van der Waals surface area contributed by atoms with Gasteiger partial charge >= 0.3 is 0 Å². The van der Waals surface area contributed by atoms with Gasteiger partial charge in [0.15, 0.2) is 0 Å². The Kier molecular flexibility index (Phi) is 4.46. The zero-order valence-electron chi connectivity index (χ0n) is 10.2. The van der Waals surface area contributed by atoms with Crippen LogP contribution in [-0.4, -0.2) is 6.04 Å². The summed E-state index contributed by atoms with van der Waals surface area (Å²) in [5.41, 5.74) is 0. The molecule has 0 saturated heterocycles. The first-order chi connectivity index (χ1) is 7.88. The highest BCUT2D eigenvalue weighted by Crippen LogP contribution is 2.27. The molecule has 1 saturated carbocycles. The molecule has 1 aromatic rings. The highest BCUT2D eigenvalue weighted by atomic mass is 16.3. The van der Waals surface area contributed by atoms with E-state index in [-0.39, 0.29) is 0 Å². The molecule has 16 heavy (non-hydrogen) atoms. The first kappa shape index (κ1) is 11.7. The summed E-state index contributed by atoms with van der Waals surface area (Å²) < 4.78 is 5.32. The number of nitrogens with one attached hydrogen (secondary N) is 1. The van der Waals surface area contributed by atoms with E-state index in [0.29, 0.717) is 6.04 Å². The molecule has 2 nitrogen and oxygen atoms in total. The molecular weight excluding hydrogens is 198 g/mol. The lowest BCUT2D eigenvalue weighted by atomic mass is 9.83. The third-order valence-corrected chi connectivity index (χ3v) is 3.69. The number of hydrogen-bond donors (Lipinski definition) is 1. The largest absolute Gasteiger partial charge is 0.468 e. The van der Waals surface area contributed by atoms with E-state index in [4.69, 9.17) is 4.42 Å². The lowest BCUT2D eigenvalue weighted by Gasteiger charge is -2.28. The highest BCUT2D eigenvalue weighted by Gasteiger charge is 2.19. The minimum Gasteiger partial charge on any atom is -0.468 e. The molecule has 1 fully saturated rings. The Balaban J connectivity index is 1.65. The van der Waals surface area contributed by atoms with Crippen LogP contribution in [-0.2, 0) is 6.54 Å². The van der Waals surface area contributed by atoms with Crippen molar-refractivity contribution in [2.75, 3.05) is 0 Å². The molecule has 1 aromatic heterocycles. The van der Waals surface area contributed by atoms with E-state index in [1.807, 2.05) is 12.1 Å². The van der Waals surface area contributed by atoms with Gasteiger partial charge in [-0.25, -0.2) is 0 Å². The maximum atomic E-state index is 5.32. The van der Waals surface area contributed by atoms with Crippen LogP contribution in [0.5, 0.6) is 0 Å². The van der Waals surface area contributed by atoms with Crippen LogP contribution in [0.2, 0.25) is 0 Å². The molecule has 0 radical (unpaired) electrons. The van der Waals surface area contributed by atoms with Crippen molar-refractivity contribution in [2.45, 2.75) is 58.0 Å². The highest BCUT2D eigenvalue weighted by molar-refractivity contribution is 4.97. The van der Waals surface area contributed by atoms with Crippen LogP contribution < -0.4 is 5.32 Å². The van der Waals surface area contributed by atoms with Crippen LogP contribution in [0.4, 0.5) is 0 Å². The van der Waals surface area contributed by atoms with Gasteiger partial charge in [-0.3, -0.25) is 0 Å². The maximum absolute atomic E-state index is 5.32. The van der Waals surface area contributed by atoms with Gasteiger partial charge in [0, 0.05) is 6.04 Å². The van der Waals surface area contributed by atoms with E-state index in [9.17, 15) is 0 Å². The second kappa shape index (κ2) is 6.09. The predicted octanol–water partition coefficient (Wildman–Crippen LogP) is 3.73. The topological polar surface area (TPSA) is 25.2 Å². The maximum Gasteiger partial charge on any atom is 0.117 e. The van der Waals surface area contributed by atoms with Crippen LogP contribution >= 0.6 is 0 Å². The van der Waals surface area contributed by atoms with Gasteiger partial charge in [-0.05, 0) is 43.7 Å². The molecule has 0 bridgehead atoms. The van der Waals surface area contributed by atoms with Gasteiger partial charge in [-0.15, -0.1) is 0 Å². The van der Waals surface area contributed by atoms with E-state index in [1.54, 1.807) is 6.26 Å². The summed E-state index contributed by atoms with van der Waals surface area (Å²) in [6.07, 6.45) is 10.00. The number of hydrogen-bond acceptors (Lipinski definition) is 2. The van der Waals surface area contributed by atoms with Crippen molar-refractivity contribution < 1.29 is 4.42 Å². The fourth-order valence-electron chi connectivity index (χ4n) is 2.72. The van der Waals surface area contributed by atoms with Gasteiger partial charge in [0.2, 0.25) is 0 Å². The average molecular weight is 221 g/mol. The molecule has 0 spiro atoms. The summed E-state index contributed by atoms with van der Waals surface area (Å²) in [6, 6.07) is 4.70. The third-order valence-electron chi connectivity index (χ3n) is 3.69. The third kappa shape index (κ3) is 3.38. The standard InChI is InChI=1S/C14H23NO/c1-2-4-12-6-8-13(9-7-12)15-11-14-5-3-10-16-14/h3,5,10,12-13,15H,2,4,6-9,11H2,1H3. The molecule has 0 atom stereocenters. The summed E-state index contributed by atoms with van der Waals surface area (Å²) >= 11 is 0. The van der Waals surface area contributed by atoms with E-state index >= 15 is 0 Å². The van der Waals surface area contributed by atoms with E-state index in [0.717, 1.165) is 18.2 Å². The Labute approximate surface area is 98.4 Å². The Bertz CT molecular complexity index is 273. The second-order valence-electron chi connectivity index (χ2n) is 4.97. The van der Waals surface area contributed by atoms with E-state index < -0.39 is 0 Å². The summed E-state index contributed by atoms with van der Waals surface area (Å²) in [4.78, 5) is 0. The molecule has 0 unspecified atom stereocenters. The van der Waals surface area contributed by atoms with Gasteiger partial charge in [-0.2, -0.15) is 0 Å². The van der Waals surface area contributed by atoms with Gasteiger partial charge in [-0.1, -0.05) is 19.8 Å². The molecule has 1 aliphatic rings. The zero-order chi connectivity index (χ0) is 11.2. The molecule has 0 aromatic carbocycles. The van der Waals surface area contributed by atoms with Crippen molar-refractivity contribution in [2.24, 2.45) is 5.92 Å². The van der Waals surface area contributed by atoms with Crippen molar-refractivity contribution >= 4 is 0 Å². The monoisotopic (exact) mass is 221 g/mol. The molecule has 2 rings (SSSR count). The van der Waals surface area contributed by atoms with Crippen LogP contribution in [0, 0.1) is 5.92 Å². The smallest absolute Gasteiger partial charge is 0.117 e. The average Bonchev–Trinajstić information content (AvgIpc) is 2.82. The minimum atomic E-state index is 0.707. The van der Waals surface area contributed by atoms with Crippen molar-refractivity contribution in [3.05, 3.63) is 24.2 Å². The first-order valence-electron chi connectivity index (χ1n) is 6.64. The molecule has 0 amide bonds. The van der Waals surface area contributed by atoms with Gasteiger partial charge in [0.05, 0.1) is 12.8 Å². The molecule has 1 N–H and O–H groups in total. The van der Waals surface area contributed by atoms with Crippen LogP contribution in [0.3, 0.4) is 0 Å². The van der Waals surface area contributed by atoms with Crippen LogP contribution in [0.1, 0.15) is 51.2 Å². The molecule has 90 valence electrons. The molecule has 0 aliphatic heterocycles. The predicted molar refractivity (Wildman–Crippen MR) is 66.2 cm³/mol. The van der Waals surface area contributed by atoms with E-state index in [1.165, 1.54) is 38.5 Å². The van der Waals surface area contributed by atoms with Gasteiger partial charge in [0.25, 0.3) is 0 Å². The molecule has 2 heteroatoms. The quantitative estimate of drug-likeness (QED) is 0.819. The summed E-state index contributed by atoms with van der Waals surface area (Å²) in [6.45, 7) is 3.18. The fourth-order valence-corrected chi connectivity index (χ4v) is 2.72. The van der Waals surface area contributed by atoms with Crippen molar-refractivity contribution in [3.8, 4) is 0 Å². The summed E-state index contributed by atoms with van der Waals surface area (Å²) in [7, 11) is 0. The van der Waals surface area contributed by atoms with E-state index in [2.05, 4.69) is 12.2 Å².